The van der Waals surface area contributed by atoms with Gasteiger partial charge in [0.05, 0.1) is 17.3 Å². The molecule has 0 aliphatic heterocycles. The predicted molar refractivity (Wildman–Crippen MR) is 77.1 cm³/mol. The van der Waals surface area contributed by atoms with Crippen molar-refractivity contribution in [3.63, 3.8) is 0 Å². The van der Waals surface area contributed by atoms with Gasteiger partial charge in [0, 0.05) is 16.3 Å². The van der Waals surface area contributed by atoms with Gasteiger partial charge in [-0.1, -0.05) is 18.2 Å². The van der Waals surface area contributed by atoms with Crippen LogP contribution < -0.4 is 0 Å². The van der Waals surface area contributed by atoms with Crippen LogP contribution in [0.2, 0.25) is 0 Å². The summed E-state index contributed by atoms with van der Waals surface area (Å²) in [5.41, 5.74) is 1.58. The van der Waals surface area contributed by atoms with Crippen LogP contribution in [-0.4, -0.2) is 10.1 Å². The zero-order valence-electron chi connectivity index (χ0n) is 9.94. The van der Waals surface area contributed by atoms with Gasteiger partial charge in [0.2, 0.25) is 0 Å². The molecule has 0 saturated heterocycles. The summed E-state index contributed by atoms with van der Waals surface area (Å²) in [5.74, 6) is 2.58. The second-order valence-corrected chi connectivity index (χ2v) is 5.01. The average molecular weight is 304 g/mol. The monoisotopic (exact) mass is 303 g/mol. The number of hydrogen-bond acceptors (Lipinski definition) is 2. The maximum absolute atomic E-state index is 10.1. The Balaban J connectivity index is 2.27. The van der Waals surface area contributed by atoms with Gasteiger partial charge in [0.25, 0.3) is 0 Å². The molecular weight excluding hydrogens is 290 g/mol. The summed E-state index contributed by atoms with van der Waals surface area (Å²) in [6.07, 6.45) is 6.75. The van der Waals surface area contributed by atoms with Crippen LogP contribution in [0.4, 0.5) is 0 Å². The molecule has 2 aromatic rings. The molecule has 0 fully saturated rings. The fourth-order valence-corrected chi connectivity index (χ4v) is 2.47. The molecule has 0 spiro atoms. The Morgan fingerprint density at radius 1 is 1.39 bits per heavy atom. The quantitative estimate of drug-likeness (QED) is 0.688. The van der Waals surface area contributed by atoms with Crippen LogP contribution in [-0.2, 0) is 0 Å². The van der Waals surface area contributed by atoms with E-state index in [0.717, 1.165) is 21.8 Å². The molecule has 2 rings (SSSR count). The van der Waals surface area contributed by atoms with Crippen molar-refractivity contribution in [3.05, 3.63) is 40.5 Å². The summed E-state index contributed by atoms with van der Waals surface area (Å²) in [6, 6.07) is 9.85. The van der Waals surface area contributed by atoms with Crippen molar-refractivity contribution in [1.29, 1.82) is 0 Å². The van der Waals surface area contributed by atoms with Crippen molar-refractivity contribution >= 4 is 26.8 Å². The maximum atomic E-state index is 10.1. The number of hydrogen-bond donors (Lipinski definition) is 1. The zero-order chi connectivity index (χ0) is 13.0. The number of rotatable bonds is 4. The highest BCUT2D eigenvalue weighted by atomic mass is 79.9. The third kappa shape index (κ3) is 2.90. The summed E-state index contributed by atoms with van der Waals surface area (Å²) < 4.78 is 0.842. The number of aliphatic hydroxyl groups is 1. The van der Waals surface area contributed by atoms with Crippen LogP contribution in [0.25, 0.3) is 10.9 Å². The molecule has 0 aliphatic rings. The van der Waals surface area contributed by atoms with Crippen LogP contribution in [0.1, 0.15) is 31.1 Å². The lowest BCUT2D eigenvalue weighted by atomic mass is 10.1. The zero-order valence-corrected chi connectivity index (χ0v) is 11.5. The molecule has 0 bridgehead atoms. The number of unbranched alkanes of at least 4 members (excludes halogenated alkanes) is 1. The van der Waals surface area contributed by atoms with Crippen LogP contribution >= 0.6 is 15.9 Å². The first kappa shape index (κ1) is 13.1. The van der Waals surface area contributed by atoms with Gasteiger partial charge >= 0.3 is 0 Å². The molecule has 1 heterocycles. The molecule has 1 atom stereocenters. The van der Waals surface area contributed by atoms with Gasteiger partial charge < -0.3 is 5.11 Å². The van der Waals surface area contributed by atoms with Crippen LogP contribution in [0.15, 0.2) is 34.8 Å². The highest BCUT2D eigenvalue weighted by Crippen LogP contribution is 2.28. The smallest absolute Gasteiger partial charge is 0.0971 e. The molecule has 1 unspecified atom stereocenters. The first-order chi connectivity index (χ1) is 8.72. The van der Waals surface area contributed by atoms with Gasteiger partial charge in [0.15, 0.2) is 0 Å². The third-order valence-electron chi connectivity index (χ3n) is 2.82. The minimum atomic E-state index is -0.572. The highest BCUT2D eigenvalue weighted by molar-refractivity contribution is 9.10. The molecule has 1 N–H and O–H groups in total. The molecule has 0 aliphatic carbocycles. The Bertz CT molecular complexity index is 589. The van der Waals surface area contributed by atoms with Crippen LogP contribution in [0, 0.1) is 12.3 Å². The first-order valence-corrected chi connectivity index (χ1v) is 6.68. The minimum Gasteiger partial charge on any atom is -0.387 e. The Labute approximate surface area is 115 Å². The van der Waals surface area contributed by atoms with Gasteiger partial charge in [0.1, 0.15) is 0 Å². The third-order valence-corrected chi connectivity index (χ3v) is 3.45. The Hall–Kier alpha value is -1.37. The van der Waals surface area contributed by atoms with Gasteiger partial charge in [-0.3, -0.25) is 0 Å². The second-order valence-electron chi connectivity index (χ2n) is 4.16. The van der Waals surface area contributed by atoms with E-state index in [0.29, 0.717) is 18.5 Å². The Kier molecular flexibility index (Phi) is 4.35. The van der Waals surface area contributed by atoms with Crippen molar-refractivity contribution in [2.45, 2.75) is 25.4 Å². The van der Waals surface area contributed by atoms with Gasteiger partial charge in [-0.05, 0) is 40.9 Å². The van der Waals surface area contributed by atoms with E-state index >= 15 is 0 Å². The number of halogens is 1. The number of pyridine rings is 1. The Morgan fingerprint density at radius 3 is 2.94 bits per heavy atom. The second kappa shape index (κ2) is 5.99. The molecule has 18 heavy (non-hydrogen) atoms. The Morgan fingerprint density at radius 2 is 2.17 bits per heavy atom. The van der Waals surface area contributed by atoms with E-state index in [1.165, 1.54) is 0 Å². The van der Waals surface area contributed by atoms with Crippen molar-refractivity contribution in [1.82, 2.24) is 4.98 Å². The molecule has 1 aromatic carbocycles. The van der Waals surface area contributed by atoms with Crippen molar-refractivity contribution in [2.75, 3.05) is 0 Å². The van der Waals surface area contributed by atoms with E-state index in [9.17, 15) is 5.11 Å². The average Bonchev–Trinajstić information content (AvgIpc) is 2.38. The highest BCUT2D eigenvalue weighted by Gasteiger charge is 2.13. The maximum Gasteiger partial charge on any atom is 0.0971 e. The van der Waals surface area contributed by atoms with Crippen LogP contribution in [0.3, 0.4) is 0 Å². The molecule has 3 heteroatoms. The fraction of sp³-hybridized carbons (Fsp3) is 0.267. The van der Waals surface area contributed by atoms with E-state index in [2.05, 4.69) is 26.8 Å². The largest absolute Gasteiger partial charge is 0.387 e. The molecule has 0 radical (unpaired) electrons. The number of benzene rings is 1. The van der Waals surface area contributed by atoms with Crippen molar-refractivity contribution in [3.8, 4) is 12.3 Å². The standard InChI is InChI=1S/C15H14BrNO/c1-2-3-4-9-14(18)15-12(16)10-11-7-5-6-8-13(11)17-15/h1,5-8,10,14,18H,3-4,9H2. The minimum absolute atomic E-state index is 0.572. The first-order valence-electron chi connectivity index (χ1n) is 5.89. The SMILES string of the molecule is C#CCCCC(O)c1nc2ccccc2cc1Br. The topological polar surface area (TPSA) is 33.1 Å². The van der Waals surface area contributed by atoms with Crippen LogP contribution in [0.5, 0.6) is 0 Å². The van der Waals surface area contributed by atoms with Crippen molar-refractivity contribution in [2.24, 2.45) is 0 Å². The molecule has 0 amide bonds. The lowest BCUT2D eigenvalue weighted by Gasteiger charge is -2.12. The number of aliphatic hydroxyl groups excluding tert-OH is 1. The summed E-state index contributed by atoms with van der Waals surface area (Å²) in [5, 5.41) is 11.2. The molecule has 92 valence electrons. The van der Waals surface area contributed by atoms with E-state index in [1.807, 2.05) is 30.3 Å². The number of terminal acetylenes is 1. The fourth-order valence-electron chi connectivity index (χ4n) is 1.87. The number of nitrogens with zero attached hydrogens (tertiary/aromatic N) is 1. The van der Waals surface area contributed by atoms with Gasteiger partial charge in [-0.15, -0.1) is 12.3 Å². The lowest BCUT2D eigenvalue weighted by Crippen LogP contribution is -2.02. The summed E-state index contributed by atoms with van der Waals surface area (Å²) >= 11 is 3.46. The summed E-state index contributed by atoms with van der Waals surface area (Å²) in [6.45, 7) is 0. The molecule has 1 aromatic heterocycles. The molecular formula is C15H14BrNO. The predicted octanol–water partition coefficient (Wildman–Crippen LogP) is 3.83. The molecule has 0 saturated carbocycles. The lowest BCUT2D eigenvalue weighted by molar-refractivity contribution is 0.160. The van der Waals surface area contributed by atoms with Gasteiger partial charge in [-0.25, -0.2) is 4.98 Å². The van der Waals surface area contributed by atoms with E-state index in [1.54, 1.807) is 0 Å². The number of para-hydroxylation sites is 1. The van der Waals surface area contributed by atoms with E-state index in [4.69, 9.17) is 6.42 Å². The number of fused-ring (bicyclic) bond motifs is 1. The normalized spacial score (nSPS) is 12.3. The number of aromatic nitrogens is 1. The van der Waals surface area contributed by atoms with E-state index in [-0.39, 0.29) is 0 Å². The summed E-state index contributed by atoms with van der Waals surface area (Å²) in [7, 11) is 0. The van der Waals surface area contributed by atoms with Gasteiger partial charge in [-0.2, -0.15) is 0 Å². The van der Waals surface area contributed by atoms with Crippen molar-refractivity contribution < 1.29 is 5.11 Å². The van der Waals surface area contributed by atoms with E-state index < -0.39 is 6.10 Å². The summed E-state index contributed by atoms with van der Waals surface area (Å²) in [4.78, 5) is 4.50. The molecule has 2 nitrogen and oxygen atoms in total.